The zero-order valence-corrected chi connectivity index (χ0v) is 12.9. The van der Waals surface area contributed by atoms with Gasteiger partial charge in [-0.05, 0) is 26.1 Å². The molecule has 2 aliphatic rings. The molecule has 3 heterocycles. The first-order valence-corrected chi connectivity index (χ1v) is 7.65. The van der Waals surface area contributed by atoms with Crippen LogP contribution in [0.5, 0.6) is 0 Å². The van der Waals surface area contributed by atoms with Gasteiger partial charge in [0.05, 0.1) is 19.9 Å². The number of hydrogen-bond acceptors (Lipinski definition) is 5. The van der Waals surface area contributed by atoms with Crippen LogP contribution in [0.2, 0.25) is 0 Å². The third-order valence-corrected chi connectivity index (χ3v) is 4.50. The van der Waals surface area contributed by atoms with E-state index in [2.05, 4.69) is 23.8 Å². The minimum atomic E-state index is -0.310. The molecule has 0 N–H and O–H groups in total. The standard InChI is InChI=1S/C13H22N4O2S/c1-11(2)16-9-14-17(12(16)20)10-15-5-3-13(4-6-15)18-7-8-19-13/h9,11H,3-8,10H2,1-2H3. The predicted molar refractivity (Wildman–Crippen MR) is 76.9 cm³/mol. The quantitative estimate of drug-likeness (QED) is 0.796. The van der Waals surface area contributed by atoms with Gasteiger partial charge >= 0.3 is 0 Å². The van der Waals surface area contributed by atoms with Crippen LogP contribution in [0.4, 0.5) is 0 Å². The van der Waals surface area contributed by atoms with E-state index in [0.717, 1.165) is 50.6 Å². The van der Waals surface area contributed by atoms with E-state index in [4.69, 9.17) is 21.7 Å². The van der Waals surface area contributed by atoms with Crippen molar-refractivity contribution in [3.8, 4) is 0 Å². The Bertz CT molecular complexity index is 509. The summed E-state index contributed by atoms with van der Waals surface area (Å²) in [6.45, 7) is 8.33. The molecule has 0 radical (unpaired) electrons. The monoisotopic (exact) mass is 298 g/mol. The fourth-order valence-electron chi connectivity index (χ4n) is 2.81. The van der Waals surface area contributed by atoms with Gasteiger partial charge in [0.25, 0.3) is 0 Å². The van der Waals surface area contributed by atoms with Crippen LogP contribution in [0.1, 0.15) is 32.7 Å². The number of piperidine rings is 1. The molecule has 0 bridgehead atoms. The Morgan fingerprint density at radius 1 is 1.30 bits per heavy atom. The minimum absolute atomic E-state index is 0.310. The summed E-state index contributed by atoms with van der Waals surface area (Å²) in [4.78, 5) is 2.35. The highest BCUT2D eigenvalue weighted by atomic mass is 32.1. The van der Waals surface area contributed by atoms with Crippen LogP contribution in [0.3, 0.4) is 0 Å². The van der Waals surface area contributed by atoms with Gasteiger partial charge in [-0.3, -0.25) is 4.90 Å². The zero-order chi connectivity index (χ0) is 14.2. The molecule has 0 saturated carbocycles. The molecular formula is C13H22N4O2S. The zero-order valence-electron chi connectivity index (χ0n) is 12.1. The van der Waals surface area contributed by atoms with E-state index in [1.807, 2.05) is 15.6 Å². The van der Waals surface area contributed by atoms with Gasteiger partial charge in [0, 0.05) is 32.0 Å². The van der Waals surface area contributed by atoms with E-state index in [-0.39, 0.29) is 5.79 Å². The van der Waals surface area contributed by atoms with Gasteiger partial charge in [-0.1, -0.05) is 0 Å². The average molecular weight is 298 g/mol. The Labute approximate surface area is 124 Å². The van der Waals surface area contributed by atoms with Crippen LogP contribution < -0.4 is 0 Å². The van der Waals surface area contributed by atoms with E-state index in [9.17, 15) is 0 Å². The molecule has 1 aromatic rings. The molecule has 0 aromatic carbocycles. The van der Waals surface area contributed by atoms with E-state index >= 15 is 0 Å². The van der Waals surface area contributed by atoms with E-state index < -0.39 is 0 Å². The third-order valence-electron chi connectivity index (χ3n) is 4.08. The molecule has 2 fully saturated rings. The first-order valence-electron chi connectivity index (χ1n) is 7.24. The van der Waals surface area contributed by atoms with Crippen molar-refractivity contribution in [3.05, 3.63) is 11.1 Å². The molecule has 0 unspecified atom stereocenters. The summed E-state index contributed by atoms with van der Waals surface area (Å²) in [6.07, 6.45) is 3.66. The number of likely N-dealkylation sites (tertiary alicyclic amines) is 1. The molecule has 3 rings (SSSR count). The van der Waals surface area contributed by atoms with Crippen molar-refractivity contribution in [1.82, 2.24) is 19.2 Å². The first kappa shape index (κ1) is 14.2. The number of nitrogens with zero attached hydrogens (tertiary/aromatic N) is 4. The van der Waals surface area contributed by atoms with Crippen LogP contribution in [-0.2, 0) is 16.1 Å². The Hall–Kier alpha value is -0.760. The average Bonchev–Trinajstić information content (AvgIpc) is 3.01. The summed E-state index contributed by atoms with van der Waals surface area (Å²) >= 11 is 5.46. The number of rotatable bonds is 3. The second-order valence-corrected chi connectivity index (χ2v) is 6.15. The molecule has 20 heavy (non-hydrogen) atoms. The molecular weight excluding hydrogens is 276 g/mol. The van der Waals surface area contributed by atoms with Gasteiger partial charge in [-0.15, -0.1) is 0 Å². The van der Waals surface area contributed by atoms with Crippen LogP contribution in [0.15, 0.2) is 6.33 Å². The van der Waals surface area contributed by atoms with Crippen molar-refractivity contribution in [2.45, 2.75) is 45.2 Å². The van der Waals surface area contributed by atoms with Crippen LogP contribution in [0.25, 0.3) is 0 Å². The number of hydrogen-bond donors (Lipinski definition) is 0. The molecule has 1 spiro atoms. The van der Waals surface area contributed by atoms with Gasteiger partial charge in [0.15, 0.2) is 10.6 Å². The highest BCUT2D eigenvalue weighted by molar-refractivity contribution is 7.71. The maximum atomic E-state index is 5.74. The molecule has 112 valence electrons. The fraction of sp³-hybridized carbons (Fsp3) is 0.846. The molecule has 7 heteroatoms. The molecule has 2 saturated heterocycles. The van der Waals surface area contributed by atoms with Crippen molar-refractivity contribution in [2.24, 2.45) is 0 Å². The van der Waals surface area contributed by atoms with Crippen molar-refractivity contribution >= 4 is 12.2 Å². The fourth-order valence-corrected chi connectivity index (χ4v) is 3.17. The van der Waals surface area contributed by atoms with Crippen LogP contribution >= 0.6 is 12.2 Å². The van der Waals surface area contributed by atoms with Gasteiger partial charge in [-0.25, -0.2) is 4.68 Å². The van der Waals surface area contributed by atoms with Gasteiger partial charge in [0.1, 0.15) is 6.33 Å². The van der Waals surface area contributed by atoms with E-state index in [1.165, 1.54) is 0 Å². The van der Waals surface area contributed by atoms with Gasteiger partial charge < -0.3 is 14.0 Å². The Morgan fingerprint density at radius 2 is 1.95 bits per heavy atom. The number of ether oxygens (including phenoxy) is 2. The lowest BCUT2D eigenvalue weighted by molar-refractivity contribution is -0.187. The second-order valence-electron chi connectivity index (χ2n) is 5.78. The van der Waals surface area contributed by atoms with Crippen molar-refractivity contribution in [2.75, 3.05) is 26.3 Å². The van der Waals surface area contributed by atoms with Crippen LogP contribution in [0, 0.1) is 4.77 Å². The third kappa shape index (κ3) is 2.67. The maximum Gasteiger partial charge on any atom is 0.199 e. The highest BCUT2D eigenvalue weighted by Crippen LogP contribution is 2.31. The van der Waals surface area contributed by atoms with Crippen molar-refractivity contribution in [1.29, 1.82) is 0 Å². The second kappa shape index (κ2) is 5.55. The van der Waals surface area contributed by atoms with E-state index in [0.29, 0.717) is 6.04 Å². The summed E-state index contributed by atoms with van der Waals surface area (Å²) in [6, 6.07) is 0.348. The normalized spacial score (nSPS) is 22.9. The SMILES string of the molecule is CC(C)n1cnn(CN2CCC3(CC2)OCCO3)c1=S. The summed E-state index contributed by atoms with van der Waals surface area (Å²) < 4.78 is 16.2. The highest BCUT2D eigenvalue weighted by Gasteiger charge is 2.39. The Morgan fingerprint density at radius 3 is 2.50 bits per heavy atom. The Balaban J connectivity index is 1.61. The topological polar surface area (TPSA) is 44.5 Å². The van der Waals surface area contributed by atoms with Crippen molar-refractivity contribution < 1.29 is 9.47 Å². The molecule has 0 atom stereocenters. The molecule has 6 nitrogen and oxygen atoms in total. The molecule has 2 aliphatic heterocycles. The lowest BCUT2D eigenvalue weighted by atomic mass is 10.0. The number of aromatic nitrogens is 3. The van der Waals surface area contributed by atoms with E-state index in [1.54, 1.807) is 0 Å². The van der Waals surface area contributed by atoms with Crippen LogP contribution in [-0.4, -0.2) is 51.3 Å². The maximum absolute atomic E-state index is 5.74. The minimum Gasteiger partial charge on any atom is -0.347 e. The summed E-state index contributed by atoms with van der Waals surface area (Å²) in [5.41, 5.74) is 0. The van der Waals surface area contributed by atoms with Gasteiger partial charge in [-0.2, -0.15) is 5.10 Å². The lowest BCUT2D eigenvalue weighted by Crippen LogP contribution is -2.45. The molecule has 0 amide bonds. The smallest absolute Gasteiger partial charge is 0.199 e. The molecule has 0 aliphatic carbocycles. The first-order chi connectivity index (χ1) is 9.60. The largest absolute Gasteiger partial charge is 0.347 e. The van der Waals surface area contributed by atoms with Gasteiger partial charge in [0.2, 0.25) is 0 Å². The lowest BCUT2D eigenvalue weighted by Gasteiger charge is -2.37. The summed E-state index contributed by atoms with van der Waals surface area (Å²) in [7, 11) is 0. The Kier molecular flexibility index (Phi) is 3.94. The summed E-state index contributed by atoms with van der Waals surface area (Å²) in [5.74, 6) is -0.310. The predicted octanol–water partition coefficient (Wildman–Crippen LogP) is 1.79. The van der Waals surface area contributed by atoms with Crippen molar-refractivity contribution in [3.63, 3.8) is 0 Å². The summed E-state index contributed by atoms with van der Waals surface area (Å²) in [5, 5.41) is 4.39. The molecule has 1 aromatic heterocycles.